The molecule has 3 unspecified atom stereocenters. The molecule has 1 aliphatic heterocycles. The molecule has 0 aromatic carbocycles. The molecule has 3 rings (SSSR count). The number of rotatable bonds is 3. The first-order valence-electron chi connectivity index (χ1n) is 6.80. The minimum absolute atomic E-state index is 0.0666. The van der Waals surface area contributed by atoms with Crippen LogP contribution < -0.4 is 5.56 Å². The smallest absolute Gasteiger partial charge is 0.250 e. The molecule has 18 heavy (non-hydrogen) atoms. The molecule has 2 fully saturated rings. The fraction of sp³-hybridized carbons (Fsp3) is 0.643. The number of aliphatic hydroxyl groups is 1. The Bertz CT molecular complexity index is 471. The van der Waals surface area contributed by atoms with E-state index in [4.69, 9.17) is 0 Å². The zero-order valence-electron chi connectivity index (χ0n) is 10.5. The van der Waals surface area contributed by atoms with Crippen LogP contribution in [-0.4, -0.2) is 40.3 Å². The van der Waals surface area contributed by atoms with Crippen molar-refractivity contribution in [2.24, 2.45) is 11.8 Å². The molecule has 3 atom stereocenters. The minimum atomic E-state index is -0.0977. The van der Waals surface area contributed by atoms with E-state index in [-0.39, 0.29) is 11.7 Å². The van der Waals surface area contributed by atoms with Crippen LogP contribution >= 0.6 is 0 Å². The summed E-state index contributed by atoms with van der Waals surface area (Å²) in [6.07, 6.45) is 3.88. The molecule has 0 bridgehead atoms. The van der Waals surface area contributed by atoms with Gasteiger partial charge in [0, 0.05) is 44.4 Å². The number of likely N-dealkylation sites (tertiary alicyclic amines) is 1. The van der Waals surface area contributed by atoms with Gasteiger partial charge < -0.3 is 14.6 Å². The average molecular weight is 248 g/mol. The van der Waals surface area contributed by atoms with Crippen molar-refractivity contribution in [1.82, 2.24) is 9.47 Å². The van der Waals surface area contributed by atoms with Gasteiger partial charge in [0.05, 0.1) is 6.10 Å². The molecular weight excluding hydrogens is 228 g/mol. The van der Waals surface area contributed by atoms with Crippen molar-refractivity contribution in [2.75, 3.05) is 19.6 Å². The largest absolute Gasteiger partial charge is 0.393 e. The first kappa shape index (κ1) is 11.9. The van der Waals surface area contributed by atoms with Gasteiger partial charge in [-0.3, -0.25) is 4.79 Å². The van der Waals surface area contributed by atoms with Crippen LogP contribution in [0.5, 0.6) is 0 Å². The number of nitrogens with zero attached hydrogens (tertiary/aromatic N) is 2. The zero-order chi connectivity index (χ0) is 12.5. The summed E-state index contributed by atoms with van der Waals surface area (Å²) in [7, 11) is 0. The molecule has 1 N–H and O–H groups in total. The van der Waals surface area contributed by atoms with E-state index in [0.717, 1.165) is 39.0 Å². The summed E-state index contributed by atoms with van der Waals surface area (Å²) >= 11 is 0. The van der Waals surface area contributed by atoms with Gasteiger partial charge >= 0.3 is 0 Å². The Morgan fingerprint density at radius 1 is 1.22 bits per heavy atom. The molecule has 2 heterocycles. The molecule has 1 aliphatic carbocycles. The summed E-state index contributed by atoms with van der Waals surface area (Å²) < 4.78 is 1.75. The molecule has 0 radical (unpaired) electrons. The quantitative estimate of drug-likeness (QED) is 0.849. The standard InChI is InChI=1S/C14H20N2O2/c17-13-5-4-11-9-15(10-12(11)13)7-8-16-6-2-1-3-14(16)18/h1-3,6,11-13,17H,4-5,7-10H2. The lowest BCUT2D eigenvalue weighted by atomic mass is 10.00. The Kier molecular flexibility index (Phi) is 3.22. The highest BCUT2D eigenvalue weighted by atomic mass is 16.3. The predicted octanol–water partition coefficient (Wildman–Crippen LogP) is 0.551. The number of hydrogen-bond donors (Lipinski definition) is 1. The highest BCUT2D eigenvalue weighted by molar-refractivity contribution is 4.95. The van der Waals surface area contributed by atoms with Gasteiger partial charge in [-0.05, 0) is 24.8 Å². The molecule has 0 amide bonds. The van der Waals surface area contributed by atoms with Crippen molar-refractivity contribution in [1.29, 1.82) is 0 Å². The number of fused-ring (bicyclic) bond motifs is 1. The lowest BCUT2D eigenvalue weighted by Crippen LogP contribution is -2.30. The SMILES string of the molecule is O=c1ccccn1CCN1CC2CCC(O)C2C1. The van der Waals surface area contributed by atoms with Crippen LogP contribution in [0.15, 0.2) is 29.2 Å². The minimum Gasteiger partial charge on any atom is -0.393 e. The van der Waals surface area contributed by atoms with E-state index in [0.29, 0.717) is 11.8 Å². The molecule has 1 saturated carbocycles. The van der Waals surface area contributed by atoms with Gasteiger partial charge in [-0.2, -0.15) is 0 Å². The number of aliphatic hydroxyl groups excluding tert-OH is 1. The second-order valence-corrected chi connectivity index (χ2v) is 5.56. The third-order valence-electron chi connectivity index (χ3n) is 4.45. The van der Waals surface area contributed by atoms with Crippen LogP contribution in [0.25, 0.3) is 0 Å². The van der Waals surface area contributed by atoms with E-state index in [1.165, 1.54) is 0 Å². The van der Waals surface area contributed by atoms with Crippen molar-refractivity contribution >= 4 is 0 Å². The second-order valence-electron chi connectivity index (χ2n) is 5.56. The molecule has 4 nitrogen and oxygen atoms in total. The Labute approximate surface area is 107 Å². The van der Waals surface area contributed by atoms with Crippen LogP contribution in [0, 0.1) is 11.8 Å². The summed E-state index contributed by atoms with van der Waals surface area (Å²) in [5.74, 6) is 1.14. The summed E-state index contributed by atoms with van der Waals surface area (Å²) in [5.41, 5.74) is 0.0666. The lowest BCUT2D eigenvalue weighted by molar-refractivity contribution is 0.124. The third-order valence-corrected chi connectivity index (χ3v) is 4.45. The average Bonchev–Trinajstić information content (AvgIpc) is 2.91. The highest BCUT2D eigenvalue weighted by Crippen LogP contribution is 2.37. The maximum Gasteiger partial charge on any atom is 0.250 e. The van der Waals surface area contributed by atoms with Gasteiger partial charge in [-0.15, -0.1) is 0 Å². The molecular formula is C14H20N2O2. The fourth-order valence-electron chi connectivity index (χ4n) is 3.41. The van der Waals surface area contributed by atoms with Crippen LogP contribution in [0.1, 0.15) is 12.8 Å². The van der Waals surface area contributed by atoms with E-state index in [1.807, 2.05) is 12.3 Å². The molecule has 4 heteroatoms. The van der Waals surface area contributed by atoms with Crippen molar-refractivity contribution in [2.45, 2.75) is 25.5 Å². The molecule has 0 spiro atoms. The summed E-state index contributed by atoms with van der Waals surface area (Å²) in [6.45, 7) is 3.73. The van der Waals surface area contributed by atoms with E-state index in [9.17, 15) is 9.90 Å². The molecule has 1 aromatic heterocycles. The van der Waals surface area contributed by atoms with E-state index < -0.39 is 0 Å². The van der Waals surface area contributed by atoms with Crippen molar-refractivity contribution in [3.8, 4) is 0 Å². The third kappa shape index (κ3) is 2.22. The van der Waals surface area contributed by atoms with Crippen molar-refractivity contribution in [3.63, 3.8) is 0 Å². The molecule has 1 aromatic rings. The highest BCUT2D eigenvalue weighted by Gasteiger charge is 2.41. The molecule has 2 aliphatic rings. The molecule has 1 saturated heterocycles. The van der Waals surface area contributed by atoms with Crippen molar-refractivity contribution < 1.29 is 5.11 Å². The Morgan fingerprint density at radius 3 is 2.89 bits per heavy atom. The van der Waals surface area contributed by atoms with E-state index >= 15 is 0 Å². The number of pyridine rings is 1. The summed E-state index contributed by atoms with van der Waals surface area (Å²) in [5, 5.41) is 9.86. The van der Waals surface area contributed by atoms with Gasteiger partial charge in [0.2, 0.25) is 0 Å². The Morgan fingerprint density at radius 2 is 2.11 bits per heavy atom. The molecule has 98 valence electrons. The lowest BCUT2D eigenvalue weighted by Gasteiger charge is -2.18. The monoisotopic (exact) mass is 248 g/mol. The Hall–Kier alpha value is -1.13. The van der Waals surface area contributed by atoms with E-state index in [2.05, 4.69) is 4.90 Å². The first-order valence-corrected chi connectivity index (χ1v) is 6.80. The van der Waals surface area contributed by atoms with Crippen molar-refractivity contribution in [3.05, 3.63) is 34.7 Å². The summed E-state index contributed by atoms with van der Waals surface area (Å²) in [4.78, 5) is 14.0. The van der Waals surface area contributed by atoms with Gasteiger partial charge in [-0.25, -0.2) is 0 Å². The van der Waals surface area contributed by atoms with Crippen LogP contribution in [0.2, 0.25) is 0 Å². The van der Waals surface area contributed by atoms with Crippen LogP contribution in [-0.2, 0) is 6.54 Å². The maximum atomic E-state index is 11.6. The van der Waals surface area contributed by atoms with Gasteiger partial charge in [0.25, 0.3) is 5.56 Å². The zero-order valence-corrected chi connectivity index (χ0v) is 10.5. The van der Waals surface area contributed by atoms with Crippen LogP contribution in [0.4, 0.5) is 0 Å². The van der Waals surface area contributed by atoms with Gasteiger partial charge in [-0.1, -0.05) is 6.07 Å². The van der Waals surface area contributed by atoms with E-state index in [1.54, 1.807) is 16.7 Å². The summed E-state index contributed by atoms with van der Waals surface area (Å²) in [6, 6.07) is 5.27. The maximum absolute atomic E-state index is 11.6. The fourth-order valence-corrected chi connectivity index (χ4v) is 3.41. The van der Waals surface area contributed by atoms with Crippen LogP contribution in [0.3, 0.4) is 0 Å². The first-order chi connectivity index (χ1) is 8.74. The Balaban J connectivity index is 1.57. The van der Waals surface area contributed by atoms with Gasteiger partial charge in [0.1, 0.15) is 0 Å². The predicted molar refractivity (Wildman–Crippen MR) is 69.4 cm³/mol. The number of aromatic nitrogens is 1. The topological polar surface area (TPSA) is 45.5 Å². The second kappa shape index (κ2) is 4.86. The van der Waals surface area contributed by atoms with Gasteiger partial charge in [0.15, 0.2) is 0 Å². The number of hydrogen-bond acceptors (Lipinski definition) is 3. The normalized spacial score (nSPS) is 31.7.